The fourth-order valence-corrected chi connectivity index (χ4v) is 2.70. The van der Waals surface area contributed by atoms with E-state index in [0.717, 1.165) is 13.0 Å². The summed E-state index contributed by atoms with van der Waals surface area (Å²) in [6.45, 7) is 1.97. The van der Waals surface area contributed by atoms with Crippen LogP contribution in [0.5, 0.6) is 0 Å². The third-order valence-electron chi connectivity index (χ3n) is 3.58. The summed E-state index contributed by atoms with van der Waals surface area (Å²) in [6, 6.07) is 1.88. The average molecular weight is 282 g/mol. The van der Waals surface area contributed by atoms with Gasteiger partial charge in [0.25, 0.3) is 0 Å². The number of likely N-dealkylation sites (tertiary alicyclic amines) is 1. The zero-order chi connectivity index (χ0) is 14.7. The standard InChI is InChI=1S/C14H22N2O4/c1-15(2)7-10-6-11(17)8-16(10)9-13-12(4-5-20-13)14(18)19-3/h4-5,10-11,17H,6-9H2,1-3H3. The van der Waals surface area contributed by atoms with E-state index in [4.69, 9.17) is 9.15 Å². The number of β-amino-alcohol motifs (C(OH)–C–C–N with tert-alkyl or cyclic N) is 1. The summed E-state index contributed by atoms with van der Waals surface area (Å²) >= 11 is 0. The molecule has 6 heteroatoms. The smallest absolute Gasteiger partial charge is 0.341 e. The number of carbonyl (C=O) groups is 1. The monoisotopic (exact) mass is 282 g/mol. The Kier molecular flexibility index (Phi) is 4.80. The van der Waals surface area contributed by atoms with Crippen molar-refractivity contribution in [3.8, 4) is 0 Å². The zero-order valence-electron chi connectivity index (χ0n) is 12.2. The second kappa shape index (κ2) is 6.39. The number of nitrogens with zero attached hydrogens (tertiary/aromatic N) is 2. The Morgan fingerprint density at radius 1 is 1.60 bits per heavy atom. The second-order valence-electron chi connectivity index (χ2n) is 5.48. The molecule has 1 fully saturated rings. The molecule has 0 saturated carbocycles. The lowest BCUT2D eigenvalue weighted by Crippen LogP contribution is -2.37. The Hall–Kier alpha value is -1.37. The van der Waals surface area contributed by atoms with Crippen LogP contribution in [-0.2, 0) is 11.3 Å². The summed E-state index contributed by atoms with van der Waals surface area (Å²) in [5, 5.41) is 9.85. The van der Waals surface area contributed by atoms with Gasteiger partial charge in [-0.15, -0.1) is 0 Å². The van der Waals surface area contributed by atoms with Crippen molar-refractivity contribution in [3.05, 3.63) is 23.7 Å². The highest BCUT2D eigenvalue weighted by Crippen LogP contribution is 2.23. The number of aliphatic hydroxyl groups excluding tert-OH is 1. The van der Waals surface area contributed by atoms with E-state index in [1.54, 1.807) is 6.07 Å². The molecule has 2 unspecified atom stereocenters. The first kappa shape index (κ1) is 15.0. The number of hydrogen-bond acceptors (Lipinski definition) is 6. The van der Waals surface area contributed by atoms with Crippen LogP contribution in [0.2, 0.25) is 0 Å². The number of likely N-dealkylation sites (N-methyl/N-ethyl adjacent to an activating group) is 1. The molecule has 1 aromatic heterocycles. The lowest BCUT2D eigenvalue weighted by molar-refractivity contribution is 0.0595. The van der Waals surface area contributed by atoms with Crippen LogP contribution in [0.3, 0.4) is 0 Å². The summed E-state index contributed by atoms with van der Waals surface area (Å²) in [6.07, 6.45) is 1.91. The van der Waals surface area contributed by atoms with E-state index < -0.39 is 5.97 Å². The molecule has 0 aromatic carbocycles. The Morgan fingerprint density at radius 2 is 2.35 bits per heavy atom. The number of methoxy groups -OCH3 is 1. The first-order valence-electron chi connectivity index (χ1n) is 6.72. The topological polar surface area (TPSA) is 66.1 Å². The highest BCUT2D eigenvalue weighted by atomic mass is 16.5. The molecule has 0 bridgehead atoms. The molecule has 2 rings (SSSR count). The van der Waals surface area contributed by atoms with Crippen molar-refractivity contribution in [1.82, 2.24) is 9.80 Å². The normalized spacial score (nSPS) is 23.4. The van der Waals surface area contributed by atoms with E-state index in [0.29, 0.717) is 24.4 Å². The van der Waals surface area contributed by atoms with Crippen molar-refractivity contribution >= 4 is 5.97 Å². The molecule has 6 nitrogen and oxygen atoms in total. The molecule has 1 aliphatic rings. The minimum atomic E-state index is -0.391. The van der Waals surface area contributed by atoms with Crippen molar-refractivity contribution in [3.63, 3.8) is 0 Å². The molecule has 1 aromatic rings. The van der Waals surface area contributed by atoms with E-state index in [-0.39, 0.29) is 12.1 Å². The van der Waals surface area contributed by atoms with Gasteiger partial charge >= 0.3 is 5.97 Å². The van der Waals surface area contributed by atoms with E-state index in [9.17, 15) is 9.90 Å². The van der Waals surface area contributed by atoms with Crippen LogP contribution in [0.15, 0.2) is 16.7 Å². The van der Waals surface area contributed by atoms with Crippen molar-refractivity contribution < 1.29 is 19.1 Å². The van der Waals surface area contributed by atoms with Gasteiger partial charge in [-0.1, -0.05) is 0 Å². The molecule has 1 N–H and O–H groups in total. The molecule has 1 saturated heterocycles. The Bertz CT molecular complexity index is 458. The van der Waals surface area contributed by atoms with Gasteiger partial charge in [0.1, 0.15) is 11.3 Å². The maximum absolute atomic E-state index is 11.6. The Morgan fingerprint density at radius 3 is 3.00 bits per heavy atom. The van der Waals surface area contributed by atoms with Crippen LogP contribution in [0.25, 0.3) is 0 Å². The number of hydrogen-bond donors (Lipinski definition) is 1. The molecule has 2 heterocycles. The highest BCUT2D eigenvalue weighted by molar-refractivity contribution is 5.90. The van der Waals surface area contributed by atoms with Crippen molar-refractivity contribution in [1.29, 1.82) is 0 Å². The summed E-state index contributed by atoms with van der Waals surface area (Å²) < 4.78 is 10.1. The molecule has 0 aliphatic carbocycles. The molecular weight excluding hydrogens is 260 g/mol. The SMILES string of the molecule is COC(=O)c1ccoc1CN1CC(O)CC1CN(C)C. The first-order valence-corrected chi connectivity index (χ1v) is 6.72. The van der Waals surface area contributed by atoms with E-state index in [1.807, 2.05) is 14.1 Å². The lowest BCUT2D eigenvalue weighted by atomic mass is 10.2. The van der Waals surface area contributed by atoms with E-state index >= 15 is 0 Å². The fourth-order valence-electron chi connectivity index (χ4n) is 2.70. The van der Waals surface area contributed by atoms with Crippen LogP contribution < -0.4 is 0 Å². The molecule has 20 heavy (non-hydrogen) atoms. The van der Waals surface area contributed by atoms with Crippen LogP contribution in [0.4, 0.5) is 0 Å². The van der Waals surface area contributed by atoms with Crippen LogP contribution in [0, 0.1) is 0 Å². The molecule has 0 spiro atoms. The Balaban J connectivity index is 2.08. The molecule has 2 atom stereocenters. The molecular formula is C14H22N2O4. The van der Waals surface area contributed by atoms with E-state index in [1.165, 1.54) is 13.4 Å². The summed E-state index contributed by atoms with van der Waals surface area (Å²) in [4.78, 5) is 15.9. The average Bonchev–Trinajstić information content (AvgIpc) is 2.96. The molecule has 0 radical (unpaired) electrons. The number of carbonyl (C=O) groups excluding carboxylic acids is 1. The van der Waals surface area contributed by atoms with Gasteiger partial charge in [-0.3, -0.25) is 4.90 Å². The van der Waals surface area contributed by atoms with Gasteiger partial charge in [0.2, 0.25) is 0 Å². The number of furan rings is 1. The highest BCUT2D eigenvalue weighted by Gasteiger charge is 2.32. The number of aliphatic hydroxyl groups is 1. The third kappa shape index (κ3) is 3.39. The predicted molar refractivity (Wildman–Crippen MR) is 73.4 cm³/mol. The third-order valence-corrected chi connectivity index (χ3v) is 3.58. The molecule has 112 valence electrons. The van der Waals surface area contributed by atoms with Gasteiger partial charge in [-0.25, -0.2) is 4.79 Å². The van der Waals surface area contributed by atoms with Crippen LogP contribution in [-0.4, -0.2) is 67.3 Å². The van der Waals surface area contributed by atoms with E-state index in [2.05, 4.69) is 9.80 Å². The number of ether oxygens (including phenoxy) is 1. The number of rotatable bonds is 5. The lowest BCUT2D eigenvalue weighted by Gasteiger charge is -2.26. The van der Waals surface area contributed by atoms with Crippen molar-refractivity contribution in [2.45, 2.75) is 25.1 Å². The maximum Gasteiger partial charge on any atom is 0.341 e. The second-order valence-corrected chi connectivity index (χ2v) is 5.48. The molecule has 0 amide bonds. The van der Waals surface area contributed by atoms with Gasteiger partial charge in [-0.2, -0.15) is 0 Å². The van der Waals surface area contributed by atoms with Gasteiger partial charge in [0.05, 0.1) is 26.0 Å². The van der Waals surface area contributed by atoms with Gasteiger partial charge in [0, 0.05) is 19.1 Å². The first-order chi connectivity index (χ1) is 9.51. The van der Waals surface area contributed by atoms with Gasteiger partial charge in [0.15, 0.2) is 0 Å². The fraction of sp³-hybridized carbons (Fsp3) is 0.643. The zero-order valence-corrected chi connectivity index (χ0v) is 12.2. The summed E-state index contributed by atoms with van der Waals surface area (Å²) in [7, 11) is 5.37. The maximum atomic E-state index is 11.6. The summed E-state index contributed by atoms with van der Waals surface area (Å²) in [5.74, 6) is 0.201. The minimum Gasteiger partial charge on any atom is -0.467 e. The predicted octanol–water partition coefficient (Wildman–Crippen LogP) is 0.563. The van der Waals surface area contributed by atoms with Crippen LogP contribution >= 0.6 is 0 Å². The van der Waals surface area contributed by atoms with Crippen molar-refractivity contribution in [2.24, 2.45) is 0 Å². The summed E-state index contributed by atoms with van der Waals surface area (Å²) in [5.41, 5.74) is 0.456. The van der Waals surface area contributed by atoms with Gasteiger partial charge in [-0.05, 0) is 26.6 Å². The molecule has 1 aliphatic heterocycles. The van der Waals surface area contributed by atoms with Crippen molar-refractivity contribution in [2.75, 3.05) is 34.3 Å². The Labute approximate surface area is 118 Å². The minimum absolute atomic E-state index is 0.260. The number of esters is 1. The van der Waals surface area contributed by atoms with Gasteiger partial charge < -0.3 is 19.2 Å². The van der Waals surface area contributed by atoms with Crippen LogP contribution in [0.1, 0.15) is 22.5 Å². The largest absolute Gasteiger partial charge is 0.467 e. The quantitative estimate of drug-likeness (QED) is 0.796.